The Hall–Kier alpha value is -3.29. The van der Waals surface area contributed by atoms with Crippen molar-refractivity contribution in [3.05, 3.63) is 105 Å². The molecule has 162 valence electrons. The van der Waals surface area contributed by atoms with E-state index in [2.05, 4.69) is 53.4 Å². The lowest BCUT2D eigenvalue weighted by Crippen LogP contribution is -2.20. The lowest BCUT2D eigenvalue weighted by atomic mass is 10.2. The zero-order chi connectivity index (χ0) is 22.8. The summed E-state index contributed by atoms with van der Waals surface area (Å²) < 4.78 is 1.87. The molecular weight excluding hydrogens is 542 g/mol. The van der Waals surface area contributed by atoms with Crippen LogP contribution in [-0.2, 0) is 0 Å². The molecule has 0 spiro atoms. The second-order valence-corrected chi connectivity index (χ2v) is 9.33. The first-order chi connectivity index (χ1) is 16.1. The van der Waals surface area contributed by atoms with Gasteiger partial charge in [0.15, 0.2) is 5.84 Å². The van der Waals surface area contributed by atoms with Crippen molar-refractivity contribution in [2.24, 2.45) is 10.1 Å². The van der Waals surface area contributed by atoms with E-state index in [0.717, 1.165) is 47.6 Å². The number of H-pyrrole nitrogens is 1. The molecule has 0 unspecified atom stereocenters. The minimum atomic E-state index is 0.558. The zero-order valence-electron chi connectivity index (χ0n) is 17.7. The molecule has 2 aromatic heterocycles. The highest BCUT2D eigenvalue weighted by atomic mass is 79.9. The number of halogens is 2. The van der Waals surface area contributed by atoms with Crippen molar-refractivity contribution in [3.8, 4) is 0 Å². The fourth-order valence-electron chi connectivity index (χ4n) is 3.65. The van der Waals surface area contributed by atoms with E-state index in [-0.39, 0.29) is 0 Å². The Morgan fingerprint density at radius 3 is 2.70 bits per heavy atom. The van der Waals surface area contributed by atoms with Crippen molar-refractivity contribution < 1.29 is 0 Å². The minimum absolute atomic E-state index is 0.558. The van der Waals surface area contributed by atoms with Gasteiger partial charge in [0, 0.05) is 37.0 Å². The predicted octanol–water partition coefficient (Wildman–Crippen LogP) is 7.25. The minimum Gasteiger partial charge on any atom is -0.361 e. The number of aromatic nitrogens is 2. The lowest BCUT2D eigenvalue weighted by Gasteiger charge is -2.10. The normalized spacial score (nSPS) is 12.2. The first-order valence-electron chi connectivity index (χ1n) is 10.3. The number of pyridine rings is 1. The van der Waals surface area contributed by atoms with Crippen LogP contribution in [-0.4, -0.2) is 22.0 Å². The number of aliphatic imine (C=N–C) groups is 1. The lowest BCUT2D eigenvalue weighted by molar-refractivity contribution is 1.02. The van der Waals surface area contributed by atoms with Crippen molar-refractivity contribution in [2.45, 2.75) is 6.92 Å². The number of nitrogens with zero attached hydrogens (tertiary/aromatic N) is 3. The number of aryl methyl sites for hydroxylation is 1. The third kappa shape index (κ3) is 4.60. The van der Waals surface area contributed by atoms with E-state index in [1.165, 1.54) is 0 Å². The van der Waals surface area contributed by atoms with Crippen LogP contribution in [0.25, 0.3) is 21.8 Å². The van der Waals surface area contributed by atoms with Crippen molar-refractivity contribution in [1.29, 1.82) is 0 Å². The number of amidine groups is 1. The van der Waals surface area contributed by atoms with Crippen molar-refractivity contribution in [2.75, 3.05) is 0 Å². The van der Waals surface area contributed by atoms with E-state index in [9.17, 15) is 0 Å². The second-order valence-electron chi connectivity index (χ2n) is 7.56. The first-order valence-corrected chi connectivity index (χ1v) is 11.9. The van der Waals surface area contributed by atoms with Crippen molar-refractivity contribution in [1.82, 2.24) is 15.4 Å². The van der Waals surface area contributed by atoms with Crippen LogP contribution >= 0.6 is 31.9 Å². The van der Waals surface area contributed by atoms with Crippen LogP contribution in [0.4, 0.5) is 5.69 Å². The Labute approximate surface area is 207 Å². The van der Waals surface area contributed by atoms with Crippen LogP contribution in [0.5, 0.6) is 0 Å². The Morgan fingerprint density at radius 1 is 1.00 bits per heavy atom. The van der Waals surface area contributed by atoms with Gasteiger partial charge in [0.1, 0.15) is 5.69 Å². The summed E-state index contributed by atoms with van der Waals surface area (Å²) in [5, 5.41) is 6.68. The van der Waals surface area contributed by atoms with Crippen molar-refractivity contribution in [3.63, 3.8) is 0 Å². The molecule has 2 N–H and O–H groups in total. The van der Waals surface area contributed by atoms with Crippen molar-refractivity contribution >= 4 is 71.4 Å². The number of aromatic amines is 1. The molecule has 0 aliphatic rings. The summed E-state index contributed by atoms with van der Waals surface area (Å²) in [5.41, 5.74) is 8.64. The van der Waals surface area contributed by atoms with Gasteiger partial charge in [-0.2, -0.15) is 5.10 Å². The van der Waals surface area contributed by atoms with E-state index in [4.69, 9.17) is 9.98 Å². The molecule has 5 aromatic rings. The smallest absolute Gasteiger partial charge is 0.173 e. The van der Waals surface area contributed by atoms with Gasteiger partial charge in [-0.25, -0.2) is 9.98 Å². The van der Waals surface area contributed by atoms with Crippen LogP contribution < -0.4 is 5.43 Å². The van der Waals surface area contributed by atoms with Gasteiger partial charge in [-0.1, -0.05) is 58.4 Å². The molecule has 3 aromatic carbocycles. The molecule has 7 heteroatoms. The van der Waals surface area contributed by atoms with Gasteiger partial charge < -0.3 is 4.98 Å². The van der Waals surface area contributed by atoms with E-state index in [1.807, 2.05) is 79.9 Å². The van der Waals surface area contributed by atoms with Crippen LogP contribution in [0.2, 0.25) is 0 Å². The molecule has 33 heavy (non-hydrogen) atoms. The number of para-hydroxylation sites is 2. The summed E-state index contributed by atoms with van der Waals surface area (Å²) in [7, 11) is 0. The van der Waals surface area contributed by atoms with Crippen LogP contribution in [0.3, 0.4) is 0 Å². The Bertz CT molecular complexity index is 1510. The highest BCUT2D eigenvalue weighted by Gasteiger charge is 2.11. The summed E-state index contributed by atoms with van der Waals surface area (Å²) in [5.74, 6) is 0.558. The molecule has 0 saturated heterocycles. The second kappa shape index (κ2) is 9.29. The summed E-state index contributed by atoms with van der Waals surface area (Å²) in [6, 6.07) is 24.2. The molecule has 0 aliphatic carbocycles. The maximum absolute atomic E-state index is 4.91. The highest BCUT2D eigenvalue weighted by Crippen LogP contribution is 2.33. The summed E-state index contributed by atoms with van der Waals surface area (Å²) >= 11 is 7.17. The van der Waals surface area contributed by atoms with E-state index >= 15 is 0 Å². The van der Waals surface area contributed by atoms with Crippen LogP contribution in [0.1, 0.15) is 16.8 Å². The average molecular weight is 561 g/mol. The molecule has 2 heterocycles. The average Bonchev–Trinajstić information content (AvgIpc) is 3.23. The highest BCUT2D eigenvalue weighted by molar-refractivity contribution is 9.11. The Kier molecular flexibility index (Phi) is 6.07. The number of hydrogen-bond acceptors (Lipinski definition) is 3. The fourth-order valence-corrected chi connectivity index (χ4v) is 5.18. The molecule has 0 bridgehead atoms. The summed E-state index contributed by atoms with van der Waals surface area (Å²) in [6.07, 6.45) is 3.73. The van der Waals surface area contributed by atoms with Gasteiger partial charge in [0.05, 0.1) is 17.4 Å². The van der Waals surface area contributed by atoms with Gasteiger partial charge in [0.2, 0.25) is 0 Å². The third-order valence-electron chi connectivity index (χ3n) is 5.28. The van der Waals surface area contributed by atoms with E-state index in [0.29, 0.717) is 11.5 Å². The predicted molar refractivity (Wildman–Crippen MR) is 144 cm³/mol. The molecule has 0 fully saturated rings. The van der Waals surface area contributed by atoms with Gasteiger partial charge in [0.25, 0.3) is 0 Å². The SMILES string of the molecule is Cc1cc(Br)cc(Br)c1N=C(N/N=C/c1c[nH]c2ccccc12)c1ccc2ccccc2n1. The largest absolute Gasteiger partial charge is 0.361 e. The molecule has 0 amide bonds. The molecule has 0 atom stereocenters. The summed E-state index contributed by atoms with van der Waals surface area (Å²) in [6.45, 7) is 2.02. The molecular formula is C26H19Br2N5. The van der Waals surface area contributed by atoms with E-state index < -0.39 is 0 Å². The number of fused-ring (bicyclic) bond motifs is 2. The standard InChI is InChI=1S/C26H19Br2N5/c1-16-12-19(27)13-21(28)25(16)32-26(24-11-10-17-6-2-4-8-22(17)31-24)33-30-15-18-14-29-23-9-5-3-7-20(18)23/h2-15,29H,1H3,(H,32,33)/b30-15+. The first kappa shape index (κ1) is 21.6. The van der Waals surface area contributed by atoms with Crippen LogP contribution in [0.15, 0.2) is 98.0 Å². The van der Waals surface area contributed by atoms with Gasteiger partial charge in [-0.15, -0.1) is 0 Å². The summed E-state index contributed by atoms with van der Waals surface area (Å²) in [4.78, 5) is 13.0. The molecule has 0 radical (unpaired) electrons. The topological polar surface area (TPSA) is 65.4 Å². The van der Waals surface area contributed by atoms with Gasteiger partial charge in [-0.3, -0.25) is 5.43 Å². The zero-order valence-corrected chi connectivity index (χ0v) is 20.9. The quantitative estimate of drug-likeness (QED) is 0.138. The Balaban J connectivity index is 1.56. The molecule has 5 nitrogen and oxygen atoms in total. The number of hydrazone groups is 1. The van der Waals surface area contributed by atoms with Gasteiger partial charge in [-0.05, 0) is 58.7 Å². The molecule has 0 saturated carbocycles. The monoisotopic (exact) mass is 559 g/mol. The third-order valence-corrected chi connectivity index (χ3v) is 6.34. The number of benzene rings is 3. The maximum atomic E-state index is 4.91. The number of nitrogens with one attached hydrogen (secondary N) is 2. The molecule has 0 aliphatic heterocycles. The number of hydrogen-bond donors (Lipinski definition) is 2. The van der Waals surface area contributed by atoms with E-state index in [1.54, 1.807) is 6.21 Å². The number of rotatable bonds is 4. The maximum Gasteiger partial charge on any atom is 0.173 e. The Morgan fingerprint density at radius 2 is 1.82 bits per heavy atom. The van der Waals surface area contributed by atoms with Gasteiger partial charge >= 0.3 is 0 Å². The fraction of sp³-hybridized carbons (Fsp3) is 0.0385. The van der Waals surface area contributed by atoms with Crippen LogP contribution in [0, 0.1) is 6.92 Å². The molecule has 5 rings (SSSR count).